The Kier molecular flexibility index (Phi) is 9.60. The average Bonchev–Trinajstić information content (AvgIpc) is 2.68. The van der Waals surface area contributed by atoms with Crippen LogP contribution in [0.4, 0.5) is 0 Å². The summed E-state index contributed by atoms with van der Waals surface area (Å²) in [5.74, 6) is 1.26. The molecule has 0 spiro atoms. The number of phenols is 1. The van der Waals surface area contributed by atoms with Crippen molar-refractivity contribution in [2.75, 3.05) is 7.11 Å². The molecule has 4 nitrogen and oxygen atoms in total. The van der Waals surface area contributed by atoms with Gasteiger partial charge in [-0.25, -0.2) is 0 Å². The first-order valence-corrected chi connectivity index (χ1v) is 11.7. The van der Waals surface area contributed by atoms with Gasteiger partial charge in [0.2, 0.25) is 0 Å². The average molecular weight is 443 g/mol. The molecule has 0 saturated heterocycles. The number of methoxy groups -OCH3 is 1. The van der Waals surface area contributed by atoms with Crippen molar-refractivity contribution >= 4 is 0 Å². The van der Waals surface area contributed by atoms with Crippen molar-refractivity contribution in [3.63, 3.8) is 0 Å². The van der Waals surface area contributed by atoms with Gasteiger partial charge in [-0.1, -0.05) is 29.4 Å². The fourth-order valence-corrected chi connectivity index (χ4v) is 4.42. The highest BCUT2D eigenvalue weighted by molar-refractivity contribution is 5.47. The predicted octanol–water partition coefficient (Wildman–Crippen LogP) is 6.58. The molecule has 1 aromatic carbocycles. The van der Waals surface area contributed by atoms with E-state index in [0.29, 0.717) is 5.75 Å². The zero-order valence-electron chi connectivity index (χ0n) is 21.0. The minimum absolute atomic E-state index is 0.172. The molecule has 2 N–H and O–H groups in total. The number of rotatable bonds is 10. The summed E-state index contributed by atoms with van der Waals surface area (Å²) in [5, 5.41) is 20.2. The number of ether oxygens (including phenoxy) is 2. The summed E-state index contributed by atoms with van der Waals surface area (Å²) in [6.07, 6.45) is 11.2. The summed E-state index contributed by atoms with van der Waals surface area (Å²) in [5.41, 5.74) is 5.46. The number of hydrogen-bond donors (Lipinski definition) is 2. The van der Waals surface area contributed by atoms with Crippen LogP contribution < -0.4 is 4.74 Å². The molecule has 1 aliphatic rings. The maximum atomic E-state index is 10.3. The molecule has 0 aliphatic carbocycles. The van der Waals surface area contributed by atoms with E-state index in [-0.39, 0.29) is 11.7 Å². The van der Waals surface area contributed by atoms with E-state index in [1.807, 2.05) is 39.8 Å². The van der Waals surface area contributed by atoms with Crippen molar-refractivity contribution in [1.29, 1.82) is 0 Å². The molecule has 0 fully saturated rings. The van der Waals surface area contributed by atoms with Crippen LogP contribution in [-0.4, -0.2) is 35.1 Å². The van der Waals surface area contributed by atoms with Gasteiger partial charge in [0.15, 0.2) is 0 Å². The first-order valence-electron chi connectivity index (χ1n) is 11.7. The highest BCUT2D eigenvalue weighted by Crippen LogP contribution is 2.39. The molecule has 0 aromatic heterocycles. The molecule has 4 heteroatoms. The van der Waals surface area contributed by atoms with Gasteiger partial charge >= 0.3 is 0 Å². The molecule has 0 saturated carbocycles. The van der Waals surface area contributed by atoms with Crippen molar-refractivity contribution in [2.24, 2.45) is 0 Å². The Bertz CT molecular complexity index is 860. The van der Waals surface area contributed by atoms with Gasteiger partial charge in [-0.15, -0.1) is 0 Å². The number of allylic oxidation sites excluding steroid dienone is 4. The second-order valence-corrected chi connectivity index (χ2v) is 9.77. The lowest BCUT2D eigenvalue weighted by Crippen LogP contribution is -2.36. The molecule has 0 bridgehead atoms. The van der Waals surface area contributed by atoms with E-state index in [1.165, 1.54) is 5.57 Å². The minimum Gasteiger partial charge on any atom is -0.508 e. The quantitative estimate of drug-likeness (QED) is 0.402. The minimum atomic E-state index is -0.619. The van der Waals surface area contributed by atoms with Crippen molar-refractivity contribution in [3.8, 4) is 11.5 Å². The molecule has 1 aromatic rings. The molecule has 2 rings (SSSR count). The van der Waals surface area contributed by atoms with Crippen LogP contribution in [0.3, 0.4) is 0 Å². The molecule has 0 amide bonds. The maximum Gasteiger partial charge on any atom is 0.126 e. The van der Waals surface area contributed by atoms with Gasteiger partial charge < -0.3 is 19.7 Å². The van der Waals surface area contributed by atoms with Crippen molar-refractivity contribution in [2.45, 2.75) is 97.9 Å². The third kappa shape index (κ3) is 7.53. The Morgan fingerprint density at radius 2 is 1.91 bits per heavy atom. The smallest absolute Gasteiger partial charge is 0.126 e. The molecule has 1 aliphatic heterocycles. The van der Waals surface area contributed by atoms with Gasteiger partial charge in [0.1, 0.15) is 29.3 Å². The normalized spacial score (nSPS) is 20.9. The number of phenolic OH excluding ortho intramolecular Hbond substituents is 1. The summed E-state index contributed by atoms with van der Waals surface area (Å²) in [7, 11) is 1.64. The number of fused-ring (bicyclic) bond motifs is 1. The second-order valence-electron chi connectivity index (χ2n) is 9.77. The van der Waals surface area contributed by atoms with Gasteiger partial charge in [-0.3, -0.25) is 0 Å². The topological polar surface area (TPSA) is 58.9 Å². The van der Waals surface area contributed by atoms with Crippen LogP contribution in [0.5, 0.6) is 11.5 Å². The van der Waals surface area contributed by atoms with Crippen LogP contribution in [0, 0.1) is 6.92 Å². The van der Waals surface area contributed by atoms with Gasteiger partial charge in [-0.05, 0) is 109 Å². The Hall–Kier alpha value is -2.04. The third-order valence-electron chi connectivity index (χ3n) is 6.30. The Morgan fingerprint density at radius 1 is 1.19 bits per heavy atom. The van der Waals surface area contributed by atoms with Gasteiger partial charge in [0.05, 0.1) is 0 Å². The summed E-state index contributed by atoms with van der Waals surface area (Å²) >= 11 is 0. The molecular weight excluding hydrogens is 400 g/mol. The molecular formula is C28H42O4. The van der Waals surface area contributed by atoms with Crippen LogP contribution in [0.15, 0.2) is 47.1 Å². The molecule has 1 heterocycles. The number of aromatic hydroxyl groups is 1. The SMILES string of the molecule is CO[C@H](C(C)=CCCC(C)=CCC[C@]1(C)CCc2cc(O)cc(C)c2O1)[C@H](O)C=C(C)C. The lowest BCUT2D eigenvalue weighted by atomic mass is 9.87. The lowest BCUT2D eigenvalue weighted by Gasteiger charge is -2.36. The maximum absolute atomic E-state index is 10.3. The van der Waals surface area contributed by atoms with E-state index in [0.717, 1.165) is 66.5 Å². The highest BCUT2D eigenvalue weighted by Gasteiger charge is 2.32. The molecule has 178 valence electrons. The number of benzene rings is 1. The van der Waals surface area contributed by atoms with E-state index in [2.05, 4.69) is 26.0 Å². The monoisotopic (exact) mass is 442 g/mol. The summed E-state index contributed by atoms with van der Waals surface area (Å²) in [6.45, 7) is 12.4. The number of aliphatic hydroxyl groups is 1. The molecule has 32 heavy (non-hydrogen) atoms. The predicted molar refractivity (Wildman–Crippen MR) is 132 cm³/mol. The van der Waals surface area contributed by atoms with E-state index in [1.54, 1.807) is 13.2 Å². The van der Waals surface area contributed by atoms with Crippen LogP contribution in [0.1, 0.15) is 77.8 Å². The summed E-state index contributed by atoms with van der Waals surface area (Å²) in [6, 6.07) is 3.60. The third-order valence-corrected chi connectivity index (χ3v) is 6.30. The fraction of sp³-hybridized carbons (Fsp3) is 0.571. The van der Waals surface area contributed by atoms with Gasteiger partial charge in [0.25, 0.3) is 0 Å². The number of aliphatic hydroxyl groups excluding tert-OH is 1. The van der Waals surface area contributed by atoms with E-state index in [9.17, 15) is 10.2 Å². The van der Waals surface area contributed by atoms with Crippen molar-refractivity contribution < 1.29 is 19.7 Å². The van der Waals surface area contributed by atoms with Crippen LogP contribution >= 0.6 is 0 Å². The van der Waals surface area contributed by atoms with Crippen LogP contribution in [0.25, 0.3) is 0 Å². The summed E-state index contributed by atoms with van der Waals surface area (Å²) in [4.78, 5) is 0. The van der Waals surface area contributed by atoms with Gasteiger partial charge in [-0.2, -0.15) is 0 Å². The largest absolute Gasteiger partial charge is 0.508 e. The zero-order valence-corrected chi connectivity index (χ0v) is 21.0. The second kappa shape index (κ2) is 11.7. The highest BCUT2D eigenvalue weighted by atomic mass is 16.5. The first kappa shape index (κ1) is 26.2. The van der Waals surface area contributed by atoms with E-state index >= 15 is 0 Å². The van der Waals surface area contributed by atoms with E-state index in [4.69, 9.17) is 9.47 Å². The zero-order chi connectivity index (χ0) is 23.9. The molecule has 0 unspecified atom stereocenters. The summed E-state index contributed by atoms with van der Waals surface area (Å²) < 4.78 is 11.9. The van der Waals surface area contributed by atoms with E-state index < -0.39 is 6.10 Å². The Labute approximate surface area is 194 Å². The Balaban J connectivity index is 1.86. The Morgan fingerprint density at radius 3 is 2.56 bits per heavy atom. The van der Waals surface area contributed by atoms with Crippen LogP contribution in [-0.2, 0) is 11.2 Å². The number of aryl methyl sites for hydroxylation is 2. The van der Waals surface area contributed by atoms with Crippen molar-refractivity contribution in [3.05, 3.63) is 58.2 Å². The standard InChI is InChI=1S/C28H42O4/c1-19(2)16-25(30)27(31-7)21(4)12-8-10-20(3)11-9-14-28(6)15-13-23-18-24(29)17-22(5)26(23)32-28/h11-12,16-18,25,27,29-30H,8-10,13-15H2,1-7H3/t25-,27-,28-/m1/s1. The van der Waals surface area contributed by atoms with Crippen LogP contribution in [0.2, 0.25) is 0 Å². The van der Waals surface area contributed by atoms with Gasteiger partial charge in [0, 0.05) is 7.11 Å². The fourth-order valence-electron chi connectivity index (χ4n) is 4.42. The lowest BCUT2D eigenvalue weighted by molar-refractivity contribution is 0.0351. The molecule has 0 radical (unpaired) electrons. The molecule has 3 atom stereocenters. The first-order chi connectivity index (χ1) is 15.0. The number of hydrogen-bond acceptors (Lipinski definition) is 4. The van der Waals surface area contributed by atoms with Crippen molar-refractivity contribution in [1.82, 2.24) is 0 Å².